The fraction of sp³-hybridized carbons (Fsp3) is 0.500. The average Bonchev–Trinajstić information content (AvgIpc) is 3.02. The SMILES string of the molecule is COc1cccc([C@H](N)CC2CC2)c1F.Cl. The van der Waals surface area contributed by atoms with Gasteiger partial charge in [0.1, 0.15) is 0 Å². The van der Waals surface area contributed by atoms with Crippen molar-refractivity contribution in [3.05, 3.63) is 29.6 Å². The van der Waals surface area contributed by atoms with Crippen LogP contribution in [0.3, 0.4) is 0 Å². The van der Waals surface area contributed by atoms with Gasteiger partial charge >= 0.3 is 0 Å². The lowest BCUT2D eigenvalue weighted by Crippen LogP contribution is -2.13. The molecule has 0 saturated heterocycles. The van der Waals surface area contributed by atoms with Crippen molar-refractivity contribution in [3.8, 4) is 5.75 Å². The summed E-state index contributed by atoms with van der Waals surface area (Å²) in [6, 6.07) is 4.94. The van der Waals surface area contributed by atoms with E-state index >= 15 is 0 Å². The van der Waals surface area contributed by atoms with Gasteiger partial charge in [0.05, 0.1) is 7.11 Å². The van der Waals surface area contributed by atoms with Crippen molar-refractivity contribution in [1.82, 2.24) is 0 Å². The van der Waals surface area contributed by atoms with Gasteiger partial charge in [0.25, 0.3) is 0 Å². The summed E-state index contributed by atoms with van der Waals surface area (Å²) in [5.41, 5.74) is 6.54. The smallest absolute Gasteiger partial charge is 0.169 e. The standard InChI is InChI=1S/C12H16FNO.ClH/c1-15-11-4-2-3-9(12(11)13)10(14)7-8-5-6-8;/h2-4,8,10H,5-7,14H2,1H3;1H/t10-;/m1./s1. The van der Waals surface area contributed by atoms with E-state index in [9.17, 15) is 4.39 Å². The number of hydrogen-bond donors (Lipinski definition) is 1. The summed E-state index contributed by atoms with van der Waals surface area (Å²) >= 11 is 0. The molecular formula is C12H17ClFNO. The van der Waals surface area contributed by atoms with Crippen LogP contribution in [0.2, 0.25) is 0 Å². The molecule has 1 saturated carbocycles. The molecule has 1 aliphatic carbocycles. The van der Waals surface area contributed by atoms with E-state index in [0.717, 1.165) is 6.42 Å². The minimum atomic E-state index is -0.312. The largest absolute Gasteiger partial charge is 0.494 e. The zero-order valence-electron chi connectivity index (χ0n) is 9.28. The van der Waals surface area contributed by atoms with Gasteiger partial charge in [0.15, 0.2) is 11.6 Å². The van der Waals surface area contributed by atoms with E-state index in [0.29, 0.717) is 11.5 Å². The number of ether oxygens (including phenoxy) is 1. The Bertz CT molecular complexity index is 355. The number of halogens is 2. The van der Waals surface area contributed by atoms with Crippen LogP contribution < -0.4 is 10.5 Å². The molecule has 90 valence electrons. The normalized spacial score (nSPS) is 16.4. The van der Waals surface area contributed by atoms with Crippen molar-refractivity contribution < 1.29 is 9.13 Å². The lowest BCUT2D eigenvalue weighted by molar-refractivity contribution is 0.381. The molecule has 1 atom stereocenters. The summed E-state index contributed by atoms with van der Waals surface area (Å²) in [5, 5.41) is 0. The van der Waals surface area contributed by atoms with E-state index < -0.39 is 0 Å². The Kier molecular flexibility index (Phi) is 4.56. The summed E-state index contributed by atoms with van der Waals surface area (Å²) in [7, 11) is 1.47. The monoisotopic (exact) mass is 245 g/mol. The fourth-order valence-corrected chi connectivity index (χ4v) is 1.81. The molecule has 0 aromatic heterocycles. The zero-order chi connectivity index (χ0) is 10.8. The average molecular weight is 246 g/mol. The Hall–Kier alpha value is -0.800. The molecule has 0 amide bonds. The molecule has 1 aromatic carbocycles. The Morgan fingerprint density at radius 3 is 2.75 bits per heavy atom. The van der Waals surface area contributed by atoms with Gasteiger partial charge in [-0.3, -0.25) is 0 Å². The first-order valence-electron chi connectivity index (χ1n) is 5.30. The second-order valence-corrected chi connectivity index (χ2v) is 4.15. The van der Waals surface area contributed by atoms with E-state index in [4.69, 9.17) is 10.5 Å². The van der Waals surface area contributed by atoms with Crippen molar-refractivity contribution in [3.63, 3.8) is 0 Å². The summed E-state index contributed by atoms with van der Waals surface area (Å²) in [5.74, 6) is 0.664. The highest BCUT2D eigenvalue weighted by molar-refractivity contribution is 5.85. The number of methoxy groups -OCH3 is 1. The Labute approximate surface area is 101 Å². The molecule has 0 radical (unpaired) electrons. The first-order valence-corrected chi connectivity index (χ1v) is 5.30. The zero-order valence-corrected chi connectivity index (χ0v) is 10.1. The predicted molar refractivity (Wildman–Crippen MR) is 64.5 cm³/mol. The van der Waals surface area contributed by atoms with E-state index in [1.165, 1.54) is 20.0 Å². The second kappa shape index (κ2) is 5.51. The molecule has 1 aromatic rings. The van der Waals surface area contributed by atoms with Crippen molar-refractivity contribution >= 4 is 12.4 Å². The van der Waals surface area contributed by atoms with Crippen LogP contribution in [0, 0.1) is 11.7 Å². The van der Waals surface area contributed by atoms with Crippen molar-refractivity contribution in [2.75, 3.05) is 7.11 Å². The molecule has 0 spiro atoms. The second-order valence-electron chi connectivity index (χ2n) is 4.15. The number of nitrogens with two attached hydrogens (primary N) is 1. The van der Waals surface area contributed by atoms with Crippen LogP contribution in [0.25, 0.3) is 0 Å². The Morgan fingerprint density at radius 2 is 2.19 bits per heavy atom. The molecule has 0 aliphatic heterocycles. The lowest BCUT2D eigenvalue weighted by Gasteiger charge is -2.13. The number of benzene rings is 1. The van der Waals surface area contributed by atoms with Crippen LogP contribution in [-0.2, 0) is 0 Å². The molecular weight excluding hydrogens is 229 g/mol. The van der Waals surface area contributed by atoms with E-state index in [1.54, 1.807) is 18.2 Å². The van der Waals surface area contributed by atoms with E-state index in [1.807, 2.05) is 0 Å². The predicted octanol–water partition coefficient (Wildman–Crippen LogP) is 3.06. The van der Waals surface area contributed by atoms with Crippen LogP contribution in [0.15, 0.2) is 18.2 Å². The highest BCUT2D eigenvalue weighted by atomic mass is 35.5. The van der Waals surface area contributed by atoms with Crippen molar-refractivity contribution in [2.24, 2.45) is 11.7 Å². The molecule has 2 nitrogen and oxygen atoms in total. The lowest BCUT2D eigenvalue weighted by atomic mass is 10.0. The minimum absolute atomic E-state index is 0. The van der Waals surface area contributed by atoms with Crippen LogP contribution in [0.5, 0.6) is 5.75 Å². The third kappa shape index (κ3) is 2.86. The van der Waals surface area contributed by atoms with Gasteiger partial charge in [-0.25, -0.2) is 4.39 Å². The molecule has 1 aliphatic rings. The van der Waals surface area contributed by atoms with Gasteiger partial charge in [-0.05, 0) is 18.4 Å². The first-order chi connectivity index (χ1) is 7.22. The third-order valence-electron chi connectivity index (χ3n) is 2.90. The van der Waals surface area contributed by atoms with Crippen LogP contribution >= 0.6 is 12.4 Å². The summed E-state index contributed by atoms with van der Waals surface area (Å²) < 4.78 is 18.7. The Morgan fingerprint density at radius 1 is 1.50 bits per heavy atom. The molecule has 4 heteroatoms. The number of rotatable bonds is 4. The highest BCUT2D eigenvalue weighted by Crippen LogP contribution is 2.37. The molecule has 0 heterocycles. The quantitative estimate of drug-likeness (QED) is 0.885. The Balaban J connectivity index is 0.00000128. The summed E-state index contributed by atoms with van der Waals surface area (Å²) in [4.78, 5) is 0. The van der Waals surface area contributed by atoms with Crippen LogP contribution in [0.4, 0.5) is 4.39 Å². The van der Waals surface area contributed by atoms with Gasteiger partial charge in [0, 0.05) is 11.6 Å². The molecule has 2 rings (SSSR count). The van der Waals surface area contributed by atoms with Gasteiger partial charge in [0.2, 0.25) is 0 Å². The molecule has 0 unspecified atom stereocenters. The molecule has 2 N–H and O–H groups in total. The van der Waals surface area contributed by atoms with Gasteiger partial charge < -0.3 is 10.5 Å². The van der Waals surface area contributed by atoms with Crippen LogP contribution in [0.1, 0.15) is 30.9 Å². The topological polar surface area (TPSA) is 35.2 Å². The summed E-state index contributed by atoms with van der Waals surface area (Å²) in [6.45, 7) is 0. The molecule has 1 fully saturated rings. The maximum Gasteiger partial charge on any atom is 0.169 e. The highest BCUT2D eigenvalue weighted by Gasteiger charge is 2.26. The van der Waals surface area contributed by atoms with Crippen molar-refractivity contribution in [1.29, 1.82) is 0 Å². The van der Waals surface area contributed by atoms with E-state index in [-0.39, 0.29) is 30.0 Å². The molecule has 16 heavy (non-hydrogen) atoms. The minimum Gasteiger partial charge on any atom is -0.494 e. The maximum absolute atomic E-state index is 13.8. The van der Waals surface area contributed by atoms with E-state index in [2.05, 4.69) is 0 Å². The fourth-order valence-electron chi connectivity index (χ4n) is 1.81. The first kappa shape index (κ1) is 13.3. The third-order valence-corrected chi connectivity index (χ3v) is 2.90. The van der Waals surface area contributed by atoms with Gasteiger partial charge in [-0.1, -0.05) is 25.0 Å². The van der Waals surface area contributed by atoms with Crippen LogP contribution in [-0.4, -0.2) is 7.11 Å². The summed E-state index contributed by atoms with van der Waals surface area (Å²) in [6.07, 6.45) is 3.35. The molecule has 0 bridgehead atoms. The van der Waals surface area contributed by atoms with Crippen molar-refractivity contribution in [2.45, 2.75) is 25.3 Å². The number of hydrogen-bond acceptors (Lipinski definition) is 2. The van der Waals surface area contributed by atoms with Gasteiger partial charge in [-0.2, -0.15) is 0 Å². The van der Waals surface area contributed by atoms with Gasteiger partial charge in [-0.15, -0.1) is 12.4 Å². The maximum atomic E-state index is 13.8.